The van der Waals surface area contributed by atoms with Crippen LogP contribution in [0.15, 0.2) is 10.6 Å². The highest BCUT2D eigenvalue weighted by atomic mass is 16.6. The zero-order valence-corrected chi connectivity index (χ0v) is 14.7. The average Bonchev–Trinajstić information content (AvgIpc) is 3.21. The lowest BCUT2D eigenvalue weighted by Gasteiger charge is -2.27. The molecule has 8 heteroatoms. The van der Waals surface area contributed by atoms with Crippen LogP contribution in [0.1, 0.15) is 58.6 Å². The molecule has 1 aromatic heterocycles. The van der Waals surface area contributed by atoms with Gasteiger partial charge in [0.05, 0.1) is 12.3 Å². The molecule has 25 heavy (non-hydrogen) atoms. The summed E-state index contributed by atoms with van der Waals surface area (Å²) in [5.74, 6) is 0.177. The molecule has 1 spiro atoms. The number of nitrogens with zero attached hydrogens (tertiary/aromatic N) is 1. The summed E-state index contributed by atoms with van der Waals surface area (Å²) >= 11 is 0. The van der Waals surface area contributed by atoms with E-state index >= 15 is 0 Å². The van der Waals surface area contributed by atoms with Gasteiger partial charge in [0.15, 0.2) is 5.82 Å². The highest BCUT2D eigenvalue weighted by molar-refractivity contribution is 5.96. The van der Waals surface area contributed by atoms with Gasteiger partial charge in [-0.25, -0.2) is 0 Å². The van der Waals surface area contributed by atoms with Gasteiger partial charge in [0.25, 0.3) is 6.47 Å². The number of nitrogens with one attached hydrogen (secondary N) is 1. The molecule has 1 aromatic rings. The van der Waals surface area contributed by atoms with Crippen molar-refractivity contribution in [3.05, 3.63) is 11.8 Å². The predicted molar refractivity (Wildman–Crippen MR) is 87.9 cm³/mol. The molecule has 1 saturated heterocycles. The van der Waals surface area contributed by atoms with Crippen LogP contribution in [-0.4, -0.2) is 34.2 Å². The monoisotopic (exact) mass is 352 g/mol. The molecule has 3 rings (SSSR count). The average molecular weight is 352 g/mol. The van der Waals surface area contributed by atoms with Crippen molar-refractivity contribution in [2.45, 2.75) is 63.9 Å². The SMILES string of the molecule is CC(C)(C)c1cc(NC(=O)C2CC(=O)OC23CCCC3)no1.O=CO. The lowest BCUT2D eigenvalue weighted by Crippen LogP contribution is -2.39. The van der Waals surface area contributed by atoms with Crippen molar-refractivity contribution in [2.75, 3.05) is 5.32 Å². The Morgan fingerprint density at radius 1 is 1.40 bits per heavy atom. The molecule has 2 N–H and O–H groups in total. The van der Waals surface area contributed by atoms with E-state index in [0.717, 1.165) is 25.7 Å². The molecule has 8 nitrogen and oxygen atoms in total. The molecular weight excluding hydrogens is 328 g/mol. The van der Waals surface area contributed by atoms with E-state index in [-0.39, 0.29) is 30.2 Å². The van der Waals surface area contributed by atoms with Gasteiger partial charge in [-0.15, -0.1) is 0 Å². The van der Waals surface area contributed by atoms with Gasteiger partial charge in [0.2, 0.25) is 5.91 Å². The van der Waals surface area contributed by atoms with E-state index in [1.165, 1.54) is 0 Å². The number of aromatic nitrogens is 1. The van der Waals surface area contributed by atoms with Crippen LogP contribution < -0.4 is 5.32 Å². The zero-order valence-electron chi connectivity index (χ0n) is 14.7. The Labute approximate surface area is 145 Å². The van der Waals surface area contributed by atoms with Crippen LogP contribution in [0.25, 0.3) is 0 Å². The van der Waals surface area contributed by atoms with Crippen molar-refractivity contribution in [1.82, 2.24) is 5.16 Å². The summed E-state index contributed by atoms with van der Waals surface area (Å²) in [6.45, 7) is 5.78. The van der Waals surface area contributed by atoms with Crippen LogP contribution in [0.2, 0.25) is 0 Å². The van der Waals surface area contributed by atoms with E-state index in [1.54, 1.807) is 6.07 Å². The molecule has 0 radical (unpaired) electrons. The number of rotatable bonds is 2. The van der Waals surface area contributed by atoms with Crippen molar-refractivity contribution < 1.29 is 28.8 Å². The Hall–Kier alpha value is -2.38. The maximum Gasteiger partial charge on any atom is 0.307 e. The Balaban J connectivity index is 0.000000701. The summed E-state index contributed by atoms with van der Waals surface area (Å²) < 4.78 is 10.8. The Morgan fingerprint density at radius 2 is 2.00 bits per heavy atom. The molecule has 2 aliphatic rings. The minimum absolute atomic E-state index is 0.149. The molecular formula is C17H24N2O6. The summed E-state index contributed by atoms with van der Waals surface area (Å²) in [6.07, 6.45) is 3.67. The molecule has 0 aromatic carbocycles. The maximum absolute atomic E-state index is 12.6. The van der Waals surface area contributed by atoms with Crippen molar-refractivity contribution in [3.8, 4) is 0 Å². The van der Waals surface area contributed by atoms with Crippen LogP contribution >= 0.6 is 0 Å². The second kappa shape index (κ2) is 7.25. The standard InChI is InChI=1S/C16H22N2O4.CH2O2/c1-15(2,3)11-9-12(18-22-11)17-14(20)10-8-13(19)21-16(10)6-4-5-7-16;2-1-3/h9-10H,4-8H2,1-3H3,(H,17,18,20);1H,(H,2,3). The van der Waals surface area contributed by atoms with E-state index in [1.807, 2.05) is 20.8 Å². The number of ether oxygens (including phenoxy) is 1. The van der Waals surface area contributed by atoms with Crippen LogP contribution in [-0.2, 0) is 24.5 Å². The number of carbonyl (C=O) groups is 3. The number of carboxylic acid groups (broad SMARTS) is 1. The molecule has 1 aliphatic carbocycles. The van der Waals surface area contributed by atoms with Crippen molar-refractivity contribution in [3.63, 3.8) is 0 Å². The highest BCUT2D eigenvalue weighted by Crippen LogP contribution is 2.45. The first-order valence-corrected chi connectivity index (χ1v) is 8.29. The molecule has 138 valence electrons. The number of esters is 1. The summed E-state index contributed by atoms with van der Waals surface area (Å²) in [5, 5.41) is 13.6. The molecule has 2 heterocycles. The van der Waals surface area contributed by atoms with E-state index in [4.69, 9.17) is 19.2 Å². The second-order valence-electron chi connectivity index (χ2n) is 7.42. The number of amides is 1. The molecule has 2 fully saturated rings. The fraction of sp³-hybridized carbons (Fsp3) is 0.647. The number of hydrogen-bond acceptors (Lipinski definition) is 6. The quantitative estimate of drug-likeness (QED) is 0.620. The lowest BCUT2D eigenvalue weighted by atomic mass is 9.85. The zero-order chi connectivity index (χ0) is 18.7. The molecule has 1 saturated carbocycles. The van der Waals surface area contributed by atoms with Gasteiger partial charge in [0, 0.05) is 11.5 Å². The van der Waals surface area contributed by atoms with Gasteiger partial charge in [-0.1, -0.05) is 25.9 Å². The third kappa shape index (κ3) is 4.18. The van der Waals surface area contributed by atoms with Gasteiger partial charge in [0.1, 0.15) is 11.4 Å². The lowest BCUT2D eigenvalue weighted by molar-refractivity contribution is -0.149. The van der Waals surface area contributed by atoms with Gasteiger partial charge >= 0.3 is 5.97 Å². The smallest absolute Gasteiger partial charge is 0.307 e. The summed E-state index contributed by atoms with van der Waals surface area (Å²) in [5.41, 5.74) is -0.771. The molecule has 1 atom stereocenters. The Morgan fingerprint density at radius 3 is 2.52 bits per heavy atom. The minimum Gasteiger partial charge on any atom is -0.483 e. The van der Waals surface area contributed by atoms with E-state index in [9.17, 15) is 9.59 Å². The van der Waals surface area contributed by atoms with Crippen molar-refractivity contribution >= 4 is 24.2 Å². The third-order valence-electron chi connectivity index (χ3n) is 4.59. The summed E-state index contributed by atoms with van der Waals surface area (Å²) in [4.78, 5) is 32.6. The maximum atomic E-state index is 12.6. The minimum atomic E-state index is -0.599. The number of carbonyl (C=O) groups excluding carboxylic acids is 2. The second-order valence-corrected chi connectivity index (χ2v) is 7.42. The molecule has 1 unspecified atom stereocenters. The number of hydrogen-bond donors (Lipinski definition) is 2. The first-order valence-electron chi connectivity index (χ1n) is 8.29. The first-order chi connectivity index (χ1) is 11.7. The highest BCUT2D eigenvalue weighted by Gasteiger charge is 2.54. The Kier molecular flexibility index (Phi) is 5.49. The molecule has 1 aliphatic heterocycles. The van der Waals surface area contributed by atoms with E-state index in [2.05, 4.69) is 10.5 Å². The largest absolute Gasteiger partial charge is 0.483 e. The van der Waals surface area contributed by atoms with Gasteiger partial charge in [-0.2, -0.15) is 0 Å². The van der Waals surface area contributed by atoms with Crippen LogP contribution in [0, 0.1) is 5.92 Å². The van der Waals surface area contributed by atoms with Gasteiger partial charge in [-0.05, 0) is 25.7 Å². The van der Waals surface area contributed by atoms with Crippen LogP contribution in [0.5, 0.6) is 0 Å². The van der Waals surface area contributed by atoms with Gasteiger partial charge < -0.3 is 19.7 Å². The first kappa shape index (κ1) is 19.0. The summed E-state index contributed by atoms with van der Waals surface area (Å²) in [7, 11) is 0. The topological polar surface area (TPSA) is 119 Å². The third-order valence-corrected chi connectivity index (χ3v) is 4.59. The van der Waals surface area contributed by atoms with Gasteiger partial charge in [-0.3, -0.25) is 14.4 Å². The molecule has 0 bridgehead atoms. The van der Waals surface area contributed by atoms with E-state index < -0.39 is 11.5 Å². The van der Waals surface area contributed by atoms with Crippen molar-refractivity contribution in [1.29, 1.82) is 0 Å². The van der Waals surface area contributed by atoms with Crippen molar-refractivity contribution in [2.24, 2.45) is 5.92 Å². The summed E-state index contributed by atoms with van der Waals surface area (Å²) in [6, 6.07) is 1.73. The van der Waals surface area contributed by atoms with Crippen LogP contribution in [0.3, 0.4) is 0 Å². The normalized spacial score (nSPS) is 21.4. The predicted octanol–water partition coefficient (Wildman–Crippen LogP) is 2.49. The fourth-order valence-electron chi connectivity index (χ4n) is 3.35. The molecule has 1 amide bonds. The Bertz CT molecular complexity index is 640. The van der Waals surface area contributed by atoms with Crippen LogP contribution in [0.4, 0.5) is 5.82 Å². The van der Waals surface area contributed by atoms with E-state index in [0.29, 0.717) is 11.6 Å². The number of anilines is 1. The fourth-order valence-corrected chi connectivity index (χ4v) is 3.35.